The smallest absolute Gasteiger partial charge is 0.244 e. The summed E-state index contributed by atoms with van der Waals surface area (Å²) in [5.74, 6) is 0.419. The maximum Gasteiger partial charge on any atom is 0.244 e. The molecule has 3 rings (SSSR count). The molecule has 0 atom stereocenters. The standard InChI is InChI=1S/C15H20Cl2N2O2S.ClH/c16-12-1-4-15(14(17)9-12)22(20,21)19(13-2-3-13)10-11-5-7-18-8-6-11;/h1,4,9,11,13,18H,2-3,5-8,10H2;1H. The molecule has 0 aromatic heterocycles. The molecule has 0 bridgehead atoms. The summed E-state index contributed by atoms with van der Waals surface area (Å²) in [6, 6.07) is 4.71. The zero-order valence-electron chi connectivity index (χ0n) is 12.7. The molecule has 2 fully saturated rings. The minimum atomic E-state index is -3.56. The number of piperidine rings is 1. The van der Waals surface area contributed by atoms with Gasteiger partial charge in [0, 0.05) is 17.6 Å². The number of benzene rings is 1. The van der Waals surface area contributed by atoms with E-state index in [2.05, 4.69) is 5.32 Å². The predicted molar refractivity (Wildman–Crippen MR) is 96.2 cm³/mol. The molecule has 8 heteroatoms. The van der Waals surface area contributed by atoms with E-state index >= 15 is 0 Å². The Bertz CT molecular complexity index is 644. The first-order chi connectivity index (χ1) is 10.5. The summed E-state index contributed by atoms with van der Waals surface area (Å²) in [5, 5.41) is 3.96. The van der Waals surface area contributed by atoms with Crippen LogP contribution in [0.25, 0.3) is 0 Å². The van der Waals surface area contributed by atoms with E-state index in [1.54, 1.807) is 10.4 Å². The van der Waals surface area contributed by atoms with Crippen molar-refractivity contribution in [1.29, 1.82) is 0 Å². The fraction of sp³-hybridized carbons (Fsp3) is 0.600. The van der Waals surface area contributed by atoms with Crippen LogP contribution in [-0.4, -0.2) is 38.4 Å². The Morgan fingerprint density at radius 3 is 2.35 bits per heavy atom. The van der Waals surface area contributed by atoms with Crippen LogP contribution in [0.3, 0.4) is 0 Å². The van der Waals surface area contributed by atoms with Crippen molar-refractivity contribution < 1.29 is 8.42 Å². The summed E-state index contributed by atoms with van der Waals surface area (Å²) < 4.78 is 27.7. The monoisotopic (exact) mass is 398 g/mol. The number of nitrogens with one attached hydrogen (secondary N) is 1. The van der Waals surface area contributed by atoms with Gasteiger partial charge in [-0.05, 0) is 62.9 Å². The number of hydrogen-bond donors (Lipinski definition) is 1. The molecule has 1 aliphatic carbocycles. The van der Waals surface area contributed by atoms with Gasteiger partial charge in [0.15, 0.2) is 0 Å². The third-order valence-electron chi connectivity index (χ3n) is 4.33. The normalized spacial score (nSPS) is 19.6. The van der Waals surface area contributed by atoms with Crippen LogP contribution in [-0.2, 0) is 10.0 Å². The molecule has 4 nitrogen and oxygen atoms in total. The molecule has 0 radical (unpaired) electrons. The molecule has 1 aromatic rings. The highest BCUT2D eigenvalue weighted by atomic mass is 35.5. The van der Waals surface area contributed by atoms with E-state index < -0.39 is 10.0 Å². The van der Waals surface area contributed by atoms with E-state index in [-0.39, 0.29) is 28.4 Å². The number of rotatable bonds is 5. The van der Waals surface area contributed by atoms with Gasteiger partial charge >= 0.3 is 0 Å². The van der Waals surface area contributed by atoms with E-state index in [4.69, 9.17) is 23.2 Å². The second kappa shape index (κ2) is 7.89. The lowest BCUT2D eigenvalue weighted by Gasteiger charge is -2.29. The first kappa shape index (κ1) is 19.3. The molecule has 2 aliphatic rings. The summed E-state index contributed by atoms with van der Waals surface area (Å²) in [6.45, 7) is 2.52. The van der Waals surface area contributed by atoms with Crippen molar-refractivity contribution in [2.45, 2.75) is 36.6 Å². The zero-order chi connectivity index (χ0) is 15.7. The van der Waals surface area contributed by atoms with Crippen LogP contribution in [0.15, 0.2) is 23.1 Å². The highest BCUT2D eigenvalue weighted by Crippen LogP contribution is 2.36. The average molecular weight is 400 g/mol. The van der Waals surface area contributed by atoms with Crippen LogP contribution in [0.5, 0.6) is 0 Å². The predicted octanol–water partition coefficient (Wildman–Crippen LogP) is 3.57. The Kier molecular flexibility index (Phi) is 6.62. The van der Waals surface area contributed by atoms with Crippen LogP contribution in [0, 0.1) is 5.92 Å². The third-order valence-corrected chi connectivity index (χ3v) is 6.97. The Labute approximate surface area is 154 Å². The molecule has 23 heavy (non-hydrogen) atoms. The largest absolute Gasteiger partial charge is 0.317 e. The summed E-state index contributed by atoms with van der Waals surface area (Å²) >= 11 is 12.0. The van der Waals surface area contributed by atoms with Crippen molar-refractivity contribution in [3.05, 3.63) is 28.2 Å². The maximum absolute atomic E-state index is 13.0. The van der Waals surface area contributed by atoms with Crippen LogP contribution in [0.4, 0.5) is 0 Å². The van der Waals surface area contributed by atoms with Crippen LogP contribution >= 0.6 is 35.6 Å². The fourth-order valence-electron chi connectivity index (χ4n) is 2.94. The molecule has 1 aliphatic heterocycles. The van der Waals surface area contributed by atoms with Crippen LogP contribution in [0.2, 0.25) is 10.0 Å². The van der Waals surface area contributed by atoms with Crippen molar-refractivity contribution in [3.8, 4) is 0 Å². The molecule has 0 spiro atoms. The maximum atomic E-state index is 13.0. The van der Waals surface area contributed by atoms with Gasteiger partial charge in [0.2, 0.25) is 10.0 Å². The Hall–Kier alpha value is -0.0400. The number of nitrogens with zero attached hydrogens (tertiary/aromatic N) is 1. The topological polar surface area (TPSA) is 49.4 Å². The number of hydrogen-bond acceptors (Lipinski definition) is 3. The zero-order valence-corrected chi connectivity index (χ0v) is 15.8. The van der Waals surface area contributed by atoms with Crippen molar-refractivity contribution in [3.63, 3.8) is 0 Å². The van der Waals surface area contributed by atoms with E-state index in [0.717, 1.165) is 38.8 Å². The Balaban J connectivity index is 0.00000192. The second-order valence-corrected chi connectivity index (χ2v) is 8.78. The van der Waals surface area contributed by atoms with Gasteiger partial charge in [-0.25, -0.2) is 8.42 Å². The molecule has 1 saturated carbocycles. The number of sulfonamides is 1. The Morgan fingerprint density at radius 2 is 1.78 bits per heavy atom. The third kappa shape index (κ3) is 4.53. The molecule has 130 valence electrons. The molecular weight excluding hydrogens is 379 g/mol. The first-order valence-corrected chi connectivity index (χ1v) is 9.85. The first-order valence-electron chi connectivity index (χ1n) is 7.66. The van der Waals surface area contributed by atoms with Gasteiger partial charge in [0.25, 0.3) is 0 Å². The minimum Gasteiger partial charge on any atom is -0.317 e. The van der Waals surface area contributed by atoms with Gasteiger partial charge in [0.05, 0.1) is 5.02 Å². The Morgan fingerprint density at radius 1 is 1.13 bits per heavy atom. The summed E-state index contributed by atoms with van der Waals surface area (Å²) in [6.07, 6.45) is 3.92. The van der Waals surface area contributed by atoms with E-state index in [1.165, 1.54) is 12.1 Å². The average Bonchev–Trinajstić information content (AvgIpc) is 3.29. The van der Waals surface area contributed by atoms with Gasteiger partial charge in [-0.1, -0.05) is 23.2 Å². The van der Waals surface area contributed by atoms with E-state index in [1.807, 2.05) is 0 Å². The highest BCUT2D eigenvalue weighted by molar-refractivity contribution is 7.89. The molecule has 0 unspecified atom stereocenters. The van der Waals surface area contributed by atoms with Gasteiger partial charge in [-0.3, -0.25) is 0 Å². The van der Waals surface area contributed by atoms with Crippen LogP contribution < -0.4 is 5.32 Å². The lowest BCUT2D eigenvalue weighted by atomic mass is 9.98. The van der Waals surface area contributed by atoms with Crippen molar-refractivity contribution in [2.24, 2.45) is 5.92 Å². The summed E-state index contributed by atoms with van der Waals surface area (Å²) in [7, 11) is -3.56. The lowest BCUT2D eigenvalue weighted by Crippen LogP contribution is -2.40. The fourth-order valence-corrected chi connectivity index (χ4v) is 5.44. The molecule has 1 heterocycles. The van der Waals surface area contributed by atoms with E-state index in [9.17, 15) is 8.42 Å². The van der Waals surface area contributed by atoms with Crippen molar-refractivity contribution >= 4 is 45.6 Å². The molecule has 1 saturated heterocycles. The molecular formula is C15H21Cl3N2O2S. The second-order valence-electron chi connectivity index (χ2n) is 6.07. The quantitative estimate of drug-likeness (QED) is 0.823. The highest BCUT2D eigenvalue weighted by Gasteiger charge is 2.40. The van der Waals surface area contributed by atoms with Gasteiger partial charge in [-0.2, -0.15) is 4.31 Å². The number of halogens is 3. The SMILES string of the molecule is Cl.O=S(=O)(c1ccc(Cl)cc1Cl)N(CC1CCNCC1)C1CC1. The molecule has 1 N–H and O–H groups in total. The molecule has 1 aromatic carbocycles. The van der Waals surface area contributed by atoms with Crippen molar-refractivity contribution in [2.75, 3.05) is 19.6 Å². The van der Waals surface area contributed by atoms with Gasteiger partial charge in [0.1, 0.15) is 4.90 Å². The molecule has 0 amide bonds. The van der Waals surface area contributed by atoms with Gasteiger partial charge in [-0.15, -0.1) is 12.4 Å². The summed E-state index contributed by atoms with van der Waals surface area (Å²) in [5.41, 5.74) is 0. The van der Waals surface area contributed by atoms with Crippen LogP contribution in [0.1, 0.15) is 25.7 Å². The van der Waals surface area contributed by atoms with E-state index in [0.29, 0.717) is 17.5 Å². The summed E-state index contributed by atoms with van der Waals surface area (Å²) in [4.78, 5) is 0.166. The van der Waals surface area contributed by atoms with Gasteiger partial charge < -0.3 is 5.32 Å². The minimum absolute atomic E-state index is 0. The van der Waals surface area contributed by atoms with Crippen molar-refractivity contribution in [1.82, 2.24) is 9.62 Å². The lowest BCUT2D eigenvalue weighted by molar-refractivity contribution is 0.283.